The monoisotopic (exact) mass is 567 g/mol. The third kappa shape index (κ3) is 4.85. The molecule has 9 nitrogen and oxygen atoms in total. The first kappa shape index (κ1) is 29.9. The molecule has 0 spiro atoms. The van der Waals surface area contributed by atoms with Gasteiger partial charge in [0.25, 0.3) is 0 Å². The number of hydrogen-bond acceptors (Lipinski definition) is 6. The lowest BCUT2D eigenvalue weighted by Gasteiger charge is -2.64. The first-order valence-corrected chi connectivity index (χ1v) is 15.2. The molecule has 2 bridgehead atoms. The van der Waals surface area contributed by atoms with Crippen molar-refractivity contribution >= 4 is 25.0 Å². The van der Waals surface area contributed by atoms with E-state index < -0.39 is 24.8 Å². The zero-order valence-corrected chi connectivity index (χ0v) is 25.6. The van der Waals surface area contributed by atoms with Crippen LogP contribution in [0.15, 0.2) is 30.3 Å². The van der Waals surface area contributed by atoms with E-state index in [0.29, 0.717) is 43.2 Å². The Labute approximate surface area is 244 Å². The summed E-state index contributed by atoms with van der Waals surface area (Å²) < 4.78 is 18.1. The normalized spacial score (nSPS) is 33.5. The van der Waals surface area contributed by atoms with Gasteiger partial charge in [-0.25, -0.2) is 4.79 Å². The molecule has 2 aliphatic heterocycles. The average Bonchev–Trinajstić information content (AvgIpc) is 3.31. The zero-order valence-electron chi connectivity index (χ0n) is 25.6. The molecular formula is C31H46BN3O6. The molecule has 2 unspecified atom stereocenters. The van der Waals surface area contributed by atoms with Gasteiger partial charge in [0.1, 0.15) is 11.6 Å². The van der Waals surface area contributed by atoms with Gasteiger partial charge in [-0.2, -0.15) is 0 Å². The zero-order chi connectivity index (χ0) is 29.7. The van der Waals surface area contributed by atoms with E-state index >= 15 is 0 Å². The predicted molar refractivity (Wildman–Crippen MR) is 156 cm³/mol. The summed E-state index contributed by atoms with van der Waals surface area (Å²) in [5, 5.41) is 6.04. The van der Waals surface area contributed by atoms with Crippen molar-refractivity contribution in [3.05, 3.63) is 35.9 Å². The van der Waals surface area contributed by atoms with Crippen LogP contribution in [0.5, 0.6) is 0 Å². The summed E-state index contributed by atoms with van der Waals surface area (Å²) in [6.45, 7) is 13.1. The van der Waals surface area contributed by atoms with Crippen LogP contribution in [0.25, 0.3) is 0 Å². The maximum atomic E-state index is 14.2. The third-order valence-corrected chi connectivity index (χ3v) is 10.8. The molecule has 224 valence electrons. The molecule has 5 aliphatic rings. The Kier molecular flexibility index (Phi) is 7.96. The molecule has 3 saturated carbocycles. The predicted octanol–water partition coefficient (Wildman–Crippen LogP) is 4.26. The van der Waals surface area contributed by atoms with Gasteiger partial charge in [-0.1, -0.05) is 65.0 Å². The number of benzene rings is 1. The molecule has 10 heteroatoms. The first-order valence-electron chi connectivity index (χ1n) is 15.2. The fraction of sp³-hybridized carbons (Fsp3) is 0.710. The molecule has 2 heterocycles. The molecule has 3 amide bonds. The molecule has 1 aromatic carbocycles. The van der Waals surface area contributed by atoms with Crippen molar-refractivity contribution in [2.24, 2.45) is 23.2 Å². The summed E-state index contributed by atoms with van der Waals surface area (Å²) in [6.07, 6.45) is 3.20. The van der Waals surface area contributed by atoms with Gasteiger partial charge in [-0.3, -0.25) is 9.59 Å². The summed E-state index contributed by atoms with van der Waals surface area (Å²) >= 11 is 0. The van der Waals surface area contributed by atoms with Gasteiger partial charge in [-0.15, -0.1) is 0 Å². The molecule has 41 heavy (non-hydrogen) atoms. The molecule has 1 aromatic rings. The highest BCUT2D eigenvalue weighted by Crippen LogP contribution is 2.65. The number of likely N-dealkylation sites (tertiary alicyclic amines) is 1. The van der Waals surface area contributed by atoms with Crippen LogP contribution >= 0.6 is 0 Å². The van der Waals surface area contributed by atoms with Gasteiger partial charge in [-0.05, 0) is 67.8 Å². The van der Waals surface area contributed by atoms with Gasteiger partial charge in [0, 0.05) is 6.54 Å². The summed E-state index contributed by atoms with van der Waals surface area (Å²) in [4.78, 5) is 42.4. The maximum Gasteiger partial charge on any atom is 0.481 e. The lowest BCUT2D eigenvalue weighted by atomic mass is 9.43. The van der Waals surface area contributed by atoms with Gasteiger partial charge >= 0.3 is 13.2 Å². The molecule has 2 N–H and O–H groups in total. The van der Waals surface area contributed by atoms with Crippen LogP contribution in [0, 0.1) is 23.2 Å². The smallest absolute Gasteiger partial charge is 0.453 e. The molecule has 7 atom stereocenters. The van der Waals surface area contributed by atoms with Gasteiger partial charge in [0.15, 0.2) is 0 Å². The molecular weight excluding hydrogens is 521 g/mol. The standard InChI is InChI=1S/C31H46BN3O6/c1-8-24(32-40-23-18-21-17-22(29(21,4)5)30(23,6)41-32)33-26(36)25(20-13-10-9-11-14-20)35-16-12-15-31(19(2)3,27(35)37)34-28(38)39-7/h9-11,13-14,19,21-25H,8,12,15-18H2,1-7H3,(H,33,36)(H,34,38)/t21-,22-,23?,24-,25-,30-,31?/m0/s1. The van der Waals surface area contributed by atoms with Crippen LogP contribution in [0.3, 0.4) is 0 Å². The fourth-order valence-corrected chi connectivity index (χ4v) is 8.07. The summed E-state index contributed by atoms with van der Waals surface area (Å²) in [5.74, 6) is -0.0958. The Balaban J connectivity index is 1.40. The first-order chi connectivity index (χ1) is 19.4. The lowest BCUT2D eigenvalue weighted by Crippen LogP contribution is -2.66. The Morgan fingerprint density at radius 3 is 2.49 bits per heavy atom. The number of piperidine rings is 1. The summed E-state index contributed by atoms with van der Waals surface area (Å²) in [6, 6.07) is 8.48. The van der Waals surface area contributed by atoms with Crippen LogP contribution in [0.2, 0.25) is 0 Å². The number of ether oxygens (including phenoxy) is 1. The minimum Gasteiger partial charge on any atom is -0.453 e. The Hall–Kier alpha value is -2.59. The number of alkyl carbamates (subject to hydrolysis) is 1. The third-order valence-electron chi connectivity index (χ3n) is 10.8. The van der Waals surface area contributed by atoms with E-state index in [-0.39, 0.29) is 40.8 Å². The van der Waals surface area contributed by atoms with Crippen molar-refractivity contribution in [1.29, 1.82) is 0 Å². The molecule has 2 saturated heterocycles. The SMILES string of the molecule is CC[C@H](NC(=O)[C@H](c1ccccc1)N1CCCC(NC(=O)OC)(C(C)C)C1=O)B1OC2C[C@@H]3C[C@@H](C3(C)C)[C@]2(C)O1. The average molecular weight is 568 g/mol. The van der Waals surface area contributed by atoms with Crippen molar-refractivity contribution < 1.29 is 28.4 Å². The minimum atomic E-state index is -1.17. The van der Waals surface area contributed by atoms with Gasteiger partial charge < -0.3 is 29.6 Å². The van der Waals surface area contributed by atoms with E-state index in [9.17, 15) is 14.4 Å². The van der Waals surface area contributed by atoms with Crippen molar-refractivity contribution in [2.45, 2.75) is 103 Å². The fourth-order valence-electron chi connectivity index (χ4n) is 8.07. The Bertz CT molecular complexity index is 1160. The van der Waals surface area contributed by atoms with E-state index in [1.54, 1.807) is 4.90 Å². The molecule has 6 rings (SSSR count). The van der Waals surface area contributed by atoms with E-state index in [2.05, 4.69) is 31.4 Å². The second-order valence-electron chi connectivity index (χ2n) is 13.5. The van der Waals surface area contributed by atoms with Crippen molar-refractivity contribution in [2.75, 3.05) is 13.7 Å². The van der Waals surface area contributed by atoms with Crippen molar-refractivity contribution in [3.8, 4) is 0 Å². The van der Waals surface area contributed by atoms with E-state index in [1.807, 2.05) is 51.1 Å². The number of hydrogen-bond donors (Lipinski definition) is 2. The number of nitrogens with zero attached hydrogens (tertiary/aromatic N) is 1. The van der Waals surface area contributed by atoms with Crippen LogP contribution in [0.4, 0.5) is 4.79 Å². The molecule has 0 radical (unpaired) electrons. The minimum absolute atomic E-state index is 0.0138. The Morgan fingerprint density at radius 2 is 1.88 bits per heavy atom. The highest BCUT2D eigenvalue weighted by molar-refractivity contribution is 6.47. The Morgan fingerprint density at radius 1 is 1.17 bits per heavy atom. The number of methoxy groups -OCH3 is 1. The summed E-state index contributed by atoms with van der Waals surface area (Å²) in [7, 11) is 0.728. The number of amides is 3. The number of rotatable bonds is 8. The highest BCUT2D eigenvalue weighted by Gasteiger charge is 2.68. The number of carbonyl (C=O) groups is 3. The van der Waals surface area contributed by atoms with Crippen LogP contribution in [-0.4, -0.2) is 66.8 Å². The maximum absolute atomic E-state index is 14.2. The van der Waals surface area contributed by atoms with Crippen LogP contribution in [0.1, 0.15) is 85.3 Å². The van der Waals surface area contributed by atoms with Gasteiger partial charge in [0.05, 0.1) is 24.8 Å². The molecule has 0 aromatic heterocycles. The van der Waals surface area contributed by atoms with Crippen LogP contribution < -0.4 is 10.6 Å². The quantitative estimate of drug-likeness (QED) is 0.455. The largest absolute Gasteiger partial charge is 0.481 e. The molecule has 3 aliphatic carbocycles. The van der Waals surface area contributed by atoms with E-state index in [4.69, 9.17) is 14.0 Å². The summed E-state index contributed by atoms with van der Waals surface area (Å²) in [5.41, 5.74) is -0.609. The lowest BCUT2D eigenvalue weighted by molar-refractivity contribution is -0.199. The molecule has 5 fully saturated rings. The van der Waals surface area contributed by atoms with Gasteiger partial charge in [0.2, 0.25) is 11.8 Å². The topological polar surface area (TPSA) is 106 Å². The van der Waals surface area contributed by atoms with Crippen LogP contribution in [-0.2, 0) is 23.6 Å². The highest BCUT2D eigenvalue weighted by atomic mass is 16.7. The van der Waals surface area contributed by atoms with E-state index in [1.165, 1.54) is 7.11 Å². The van der Waals surface area contributed by atoms with Crippen molar-refractivity contribution in [1.82, 2.24) is 15.5 Å². The second kappa shape index (κ2) is 10.9. The number of nitrogens with one attached hydrogen (secondary N) is 2. The second-order valence-corrected chi connectivity index (χ2v) is 13.5. The van der Waals surface area contributed by atoms with E-state index in [0.717, 1.165) is 12.8 Å². The van der Waals surface area contributed by atoms with Crippen molar-refractivity contribution in [3.63, 3.8) is 0 Å². The number of carbonyl (C=O) groups excluding carboxylic acids is 3.